The van der Waals surface area contributed by atoms with Crippen molar-refractivity contribution in [2.24, 2.45) is 0 Å². The molecule has 3 heteroatoms. The van der Waals surface area contributed by atoms with E-state index >= 15 is 0 Å². The summed E-state index contributed by atoms with van der Waals surface area (Å²) < 4.78 is 0. The van der Waals surface area contributed by atoms with Crippen LogP contribution in [0.5, 0.6) is 0 Å². The minimum Gasteiger partial charge on any atom is -0.478 e. The number of aryl methyl sites for hydroxylation is 1. The van der Waals surface area contributed by atoms with Gasteiger partial charge in [0.2, 0.25) is 0 Å². The van der Waals surface area contributed by atoms with E-state index in [9.17, 15) is 4.79 Å². The Labute approximate surface area is 77.4 Å². The van der Waals surface area contributed by atoms with Crippen LogP contribution in [0.1, 0.15) is 35.8 Å². The van der Waals surface area contributed by atoms with Crippen LogP contribution in [-0.2, 0) is 6.42 Å². The molecule has 0 atom stereocenters. The van der Waals surface area contributed by atoms with Gasteiger partial charge in [-0.05, 0) is 25.0 Å². The summed E-state index contributed by atoms with van der Waals surface area (Å²) in [4.78, 5) is 14.8. The zero-order valence-electron chi connectivity index (χ0n) is 7.66. The lowest BCUT2D eigenvalue weighted by Crippen LogP contribution is -2.04. The summed E-state index contributed by atoms with van der Waals surface area (Å²) in [6.07, 6.45) is 4.42. The van der Waals surface area contributed by atoms with Gasteiger partial charge in [-0.25, -0.2) is 4.79 Å². The summed E-state index contributed by atoms with van der Waals surface area (Å²) in [6.45, 7) is 2.07. The number of hydrogen-bond acceptors (Lipinski definition) is 2. The second-order valence-corrected chi connectivity index (χ2v) is 2.91. The largest absolute Gasteiger partial charge is 0.478 e. The highest BCUT2D eigenvalue weighted by Crippen LogP contribution is 2.08. The van der Waals surface area contributed by atoms with Crippen LogP contribution in [0.2, 0.25) is 0 Å². The molecule has 3 nitrogen and oxygen atoms in total. The van der Waals surface area contributed by atoms with E-state index < -0.39 is 5.97 Å². The molecule has 0 spiro atoms. The number of pyridine rings is 1. The third kappa shape index (κ3) is 2.54. The first-order valence-corrected chi connectivity index (χ1v) is 4.43. The Morgan fingerprint density at radius 3 is 3.00 bits per heavy atom. The fourth-order valence-corrected chi connectivity index (χ4v) is 1.18. The van der Waals surface area contributed by atoms with Crippen LogP contribution in [0.25, 0.3) is 0 Å². The third-order valence-corrected chi connectivity index (χ3v) is 1.89. The fourth-order valence-electron chi connectivity index (χ4n) is 1.18. The van der Waals surface area contributed by atoms with E-state index in [-0.39, 0.29) is 0 Å². The van der Waals surface area contributed by atoms with Gasteiger partial charge in [-0.3, -0.25) is 4.98 Å². The van der Waals surface area contributed by atoms with Crippen molar-refractivity contribution in [2.75, 3.05) is 0 Å². The Morgan fingerprint density at radius 1 is 1.62 bits per heavy atom. The molecule has 0 radical (unpaired) electrons. The van der Waals surface area contributed by atoms with Gasteiger partial charge in [-0.15, -0.1) is 0 Å². The molecule has 0 fully saturated rings. The molecule has 0 aliphatic carbocycles. The maximum absolute atomic E-state index is 10.7. The van der Waals surface area contributed by atoms with E-state index in [2.05, 4.69) is 11.9 Å². The van der Waals surface area contributed by atoms with Gasteiger partial charge in [0.05, 0.1) is 11.3 Å². The van der Waals surface area contributed by atoms with Gasteiger partial charge in [0, 0.05) is 6.20 Å². The first-order valence-electron chi connectivity index (χ1n) is 4.43. The van der Waals surface area contributed by atoms with Crippen LogP contribution in [0.4, 0.5) is 0 Å². The highest BCUT2D eigenvalue weighted by atomic mass is 16.4. The quantitative estimate of drug-likeness (QED) is 0.770. The van der Waals surface area contributed by atoms with E-state index in [0.717, 1.165) is 19.3 Å². The molecule has 1 rings (SSSR count). The monoisotopic (exact) mass is 179 g/mol. The van der Waals surface area contributed by atoms with E-state index in [1.165, 1.54) is 0 Å². The highest BCUT2D eigenvalue weighted by molar-refractivity contribution is 5.88. The van der Waals surface area contributed by atoms with Crippen molar-refractivity contribution in [3.8, 4) is 0 Å². The Kier molecular flexibility index (Phi) is 3.43. The molecule has 0 amide bonds. The van der Waals surface area contributed by atoms with Crippen molar-refractivity contribution in [1.82, 2.24) is 4.98 Å². The summed E-state index contributed by atoms with van der Waals surface area (Å²) in [6, 6.07) is 3.25. The van der Waals surface area contributed by atoms with Gasteiger partial charge in [-0.2, -0.15) is 0 Å². The second-order valence-electron chi connectivity index (χ2n) is 2.91. The molecule has 13 heavy (non-hydrogen) atoms. The van der Waals surface area contributed by atoms with Gasteiger partial charge >= 0.3 is 5.97 Å². The third-order valence-electron chi connectivity index (χ3n) is 1.89. The van der Waals surface area contributed by atoms with Gasteiger partial charge in [-0.1, -0.05) is 13.3 Å². The summed E-state index contributed by atoms with van der Waals surface area (Å²) in [5.41, 5.74) is 1.02. The summed E-state index contributed by atoms with van der Waals surface area (Å²) in [5, 5.41) is 8.82. The van der Waals surface area contributed by atoms with Gasteiger partial charge < -0.3 is 5.11 Å². The second kappa shape index (κ2) is 4.60. The SMILES string of the molecule is CCCCc1ncccc1C(=O)O. The number of carboxylic acid groups (broad SMARTS) is 1. The van der Waals surface area contributed by atoms with Crippen LogP contribution in [-0.4, -0.2) is 16.1 Å². The fraction of sp³-hybridized carbons (Fsp3) is 0.400. The highest BCUT2D eigenvalue weighted by Gasteiger charge is 2.08. The van der Waals surface area contributed by atoms with Crippen LogP contribution >= 0.6 is 0 Å². The average molecular weight is 179 g/mol. The van der Waals surface area contributed by atoms with E-state index in [0.29, 0.717) is 11.3 Å². The molecule has 0 unspecified atom stereocenters. The van der Waals surface area contributed by atoms with Crippen molar-refractivity contribution in [2.45, 2.75) is 26.2 Å². The summed E-state index contributed by atoms with van der Waals surface area (Å²) >= 11 is 0. The zero-order chi connectivity index (χ0) is 9.68. The number of rotatable bonds is 4. The average Bonchev–Trinajstić information content (AvgIpc) is 2.15. The lowest BCUT2D eigenvalue weighted by Gasteiger charge is -2.02. The molecule has 1 heterocycles. The molecule has 1 N–H and O–H groups in total. The lowest BCUT2D eigenvalue weighted by atomic mass is 10.1. The topological polar surface area (TPSA) is 50.2 Å². The molecule has 1 aromatic rings. The molecule has 0 bridgehead atoms. The maximum atomic E-state index is 10.7. The number of unbranched alkanes of at least 4 members (excludes halogenated alkanes) is 1. The first-order chi connectivity index (χ1) is 6.25. The standard InChI is InChI=1S/C10H13NO2/c1-2-3-6-9-8(10(12)13)5-4-7-11-9/h4-5,7H,2-3,6H2,1H3,(H,12,13). The minimum absolute atomic E-state index is 0.330. The first kappa shape index (κ1) is 9.71. The molecule has 0 aliphatic heterocycles. The predicted octanol–water partition coefficient (Wildman–Crippen LogP) is 2.12. The smallest absolute Gasteiger partial charge is 0.337 e. The molecular formula is C10H13NO2. The Bertz CT molecular complexity index is 297. The molecule has 0 saturated carbocycles. The zero-order valence-corrected chi connectivity index (χ0v) is 7.66. The lowest BCUT2D eigenvalue weighted by molar-refractivity contribution is 0.0695. The molecule has 0 aliphatic rings. The van der Waals surface area contributed by atoms with E-state index in [1.807, 2.05) is 0 Å². The van der Waals surface area contributed by atoms with Gasteiger partial charge in [0.25, 0.3) is 0 Å². The summed E-state index contributed by atoms with van der Waals surface area (Å²) in [5.74, 6) is -0.890. The Morgan fingerprint density at radius 2 is 2.38 bits per heavy atom. The van der Waals surface area contributed by atoms with Gasteiger partial charge in [0.15, 0.2) is 0 Å². The van der Waals surface area contributed by atoms with Crippen molar-refractivity contribution in [3.05, 3.63) is 29.6 Å². The number of carboxylic acids is 1. The molecule has 1 aromatic heterocycles. The number of aromatic nitrogens is 1. The molecule has 0 saturated heterocycles. The van der Waals surface area contributed by atoms with Crippen molar-refractivity contribution < 1.29 is 9.90 Å². The Hall–Kier alpha value is -1.38. The summed E-state index contributed by atoms with van der Waals surface area (Å²) in [7, 11) is 0. The van der Waals surface area contributed by atoms with E-state index in [4.69, 9.17) is 5.11 Å². The predicted molar refractivity (Wildman–Crippen MR) is 49.8 cm³/mol. The normalized spacial score (nSPS) is 9.92. The molecular weight excluding hydrogens is 166 g/mol. The maximum Gasteiger partial charge on any atom is 0.337 e. The van der Waals surface area contributed by atoms with Crippen molar-refractivity contribution in [3.63, 3.8) is 0 Å². The number of carbonyl (C=O) groups is 1. The number of aromatic carboxylic acids is 1. The number of hydrogen-bond donors (Lipinski definition) is 1. The van der Waals surface area contributed by atoms with Gasteiger partial charge in [0.1, 0.15) is 0 Å². The van der Waals surface area contributed by atoms with Crippen LogP contribution in [0, 0.1) is 0 Å². The van der Waals surface area contributed by atoms with Crippen molar-refractivity contribution in [1.29, 1.82) is 0 Å². The van der Waals surface area contributed by atoms with Crippen LogP contribution in [0.3, 0.4) is 0 Å². The van der Waals surface area contributed by atoms with Crippen molar-refractivity contribution >= 4 is 5.97 Å². The van der Waals surface area contributed by atoms with Crippen LogP contribution < -0.4 is 0 Å². The molecule has 70 valence electrons. The Balaban J connectivity index is 2.84. The minimum atomic E-state index is -0.890. The number of nitrogens with zero attached hydrogens (tertiary/aromatic N) is 1. The van der Waals surface area contributed by atoms with Crippen LogP contribution in [0.15, 0.2) is 18.3 Å². The molecule has 0 aromatic carbocycles. The van der Waals surface area contributed by atoms with E-state index in [1.54, 1.807) is 18.3 Å².